The lowest BCUT2D eigenvalue weighted by Crippen LogP contribution is -2.09. The molecule has 7 heteroatoms. The van der Waals surface area contributed by atoms with Crippen LogP contribution in [-0.4, -0.2) is 22.3 Å². The maximum atomic E-state index is 11.2. The summed E-state index contributed by atoms with van der Waals surface area (Å²) in [4.78, 5) is 17.8. The summed E-state index contributed by atoms with van der Waals surface area (Å²) < 4.78 is 5.56. The fourth-order valence-electron chi connectivity index (χ4n) is 1.47. The summed E-state index contributed by atoms with van der Waals surface area (Å²) in [6.45, 7) is 0.585. The third-order valence-electron chi connectivity index (χ3n) is 2.35. The Bertz CT molecular complexity index is 616. The molecule has 0 unspecified atom stereocenters. The van der Waals surface area contributed by atoms with Gasteiger partial charge in [0.25, 0.3) is 5.56 Å². The number of halogens is 1. The first-order valence-electron chi connectivity index (χ1n) is 6.01. The van der Waals surface area contributed by atoms with Crippen molar-refractivity contribution in [3.8, 4) is 5.75 Å². The van der Waals surface area contributed by atoms with E-state index in [4.69, 9.17) is 22.1 Å². The van der Waals surface area contributed by atoms with Crippen molar-refractivity contribution in [3.63, 3.8) is 0 Å². The van der Waals surface area contributed by atoms with E-state index in [2.05, 4.69) is 9.97 Å². The second kappa shape index (κ2) is 7.21. The van der Waals surface area contributed by atoms with Gasteiger partial charge in [0.1, 0.15) is 11.6 Å². The number of rotatable bonds is 6. The van der Waals surface area contributed by atoms with Gasteiger partial charge in [-0.1, -0.05) is 23.4 Å². The van der Waals surface area contributed by atoms with Gasteiger partial charge in [-0.15, -0.1) is 0 Å². The van der Waals surface area contributed by atoms with Crippen molar-refractivity contribution in [2.24, 2.45) is 0 Å². The molecule has 2 rings (SSSR count). The molecule has 1 aromatic heterocycles. The van der Waals surface area contributed by atoms with Gasteiger partial charge < -0.3 is 15.5 Å². The van der Waals surface area contributed by atoms with Crippen molar-refractivity contribution in [1.82, 2.24) is 9.97 Å². The predicted molar refractivity (Wildman–Crippen MR) is 81.6 cm³/mol. The number of nitrogen functional groups attached to an aromatic ring is 1. The number of hydrogen-bond donors (Lipinski definition) is 2. The Balaban J connectivity index is 1.71. The predicted octanol–water partition coefficient (Wildman–Crippen LogP) is 2.57. The molecule has 2 aromatic rings. The first kappa shape index (κ1) is 14.7. The van der Waals surface area contributed by atoms with Crippen LogP contribution < -0.4 is 16.0 Å². The zero-order valence-corrected chi connectivity index (χ0v) is 12.2. The van der Waals surface area contributed by atoms with Crippen LogP contribution in [0, 0.1) is 0 Å². The van der Waals surface area contributed by atoms with Gasteiger partial charge in [0.05, 0.1) is 6.61 Å². The van der Waals surface area contributed by atoms with Crippen LogP contribution in [0.25, 0.3) is 0 Å². The molecule has 1 heterocycles. The largest absolute Gasteiger partial charge is 0.494 e. The molecule has 0 saturated heterocycles. The molecule has 0 fully saturated rings. The SMILES string of the molecule is Nc1cc(=O)[nH]c(SCCCOc2ccc(Cl)cc2)n1. The highest BCUT2D eigenvalue weighted by atomic mass is 35.5. The van der Waals surface area contributed by atoms with Crippen LogP contribution in [0.2, 0.25) is 5.02 Å². The zero-order valence-electron chi connectivity index (χ0n) is 10.6. The Labute approximate surface area is 125 Å². The third-order valence-corrected chi connectivity index (χ3v) is 3.56. The average Bonchev–Trinajstić information content (AvgIpc) is 2.39. The number of aromatic amines is 1. The molecular formula is C13H14ClN3O2S. The first-order chi connectivity index (χ1) is 9.63. The molecule has 0 bridgehead atoms. The molecule has 1 aromatic carbocycles. The van der Waals surface area contributed by atoms with Crippen LogP contribution >= 0.6 is 23.4 Å². The first-order valence-corrected chi connectivity index (χ1v) is 7.38. The van der Waals surface area contributed by atoms with Crippen molar-refractivity contribution in [2.75, 3.05) is 18.1 Å². The van der Waals surface area contributed by atoms with Gasteiger partial charge in [0, 0.05) is 16.8 Å². The normalized spacial score (nSPS) is 10.4. The Morgan fingerprint density at radius 3 is 2.80 bits per heavy atom. The van der Waals surface area contributed by atoms with E-state index < -0.39 is 0 Å². The monoisotopic (exact) mass is 311 g/mol. The molecule has 0 aliphatic carbocycles. The van der Waals surface area contributed by atoms with Crippen molar-refractivity contribution in [3.05, 3.63) is 45.7 Å². The van der Waals surface area contributed by atoms with E-state index in [1.54, 1.807) is 12.1 Å². The van der Waals surface area contributed by atoms with Crippen molar-refractivity contribution < 1.29 is 4.74 Å². The van der Waals surface area contributed by atoms with Crippen LogP contribution in [0.3, 0.4) is 0 Å². The van der Waals surface area contributed by atoms with E-state index in [1.165, 1.54) is 17.8 Å². The molecule has 0 amide bonds. The summed E-state index contributed by atoms with van der Waals surface area (Å²) in [6, 6.07) is 8.48. The number of nitrogens with zero attached hydrogens (tertiary/aromatic N) is 1. The molecule has 0 radical (unpaired) electrons. The Morgan fingerprint density at radius 1 is 1.35 bits per heavy atom. The second-order valence-corrected chi connectivity index (χ2v) is 5.50. The Kier molecular flexibility index (Phi) is 5.31. The van der Waals surface area contributed by atoms with E-state index in [9.17, 15) is 4.79 Å². The Morgan fingerprint density at radius 2 is 2.10 bits per heavy atom. The van der Waals surface area contributed by atoms with Gasteiger partial charge in [-0.05, 0) is 30.7 Å². The van der Waals surface area contributed by atoms with Gasteiger partial charge in [0.2, 0.25) is 0 Å². The number of hydrogen-bond acceptors (Lipinski definition) is 5. The van der Waals surface area contributed by atoms with Crippen LogP contribution in [-0.2, 0) is 0 Å². The zero-order chi connectivity index (χ0) is 14.4. The summed E-state index contributed by atoms with van der Waals surface area (Å²) in [5.41, 5.74) is 5.26. The fourth-order valence-corrected chi connectivity index (χ4v) is 2.39. The number of benzene rings is 1. The minimum Gasteiger partial charge on any atom is -0.494 e. The fraction of sp³-hybridized carbons (Fsp3) is 0.231. The third kappa shape index (κ3) is 4.79. The smallest absolute Gasteiger partial charge is 0.253 e. The maximum absolute atomic E-state index is 11.2. The van der Waals surface area contributed by atoms with Gasteiger partial charge in [-0.2, -0.15) is 0 Å². The van der Waals surface area contributed by atoms with Crippen LogP contribution in [0.15, 0.2) is 40.3 Å². The van der Waals surface area contributed by atoms with E-state index in [1.807, 2.05) is 12.1 Å². The van der Waals surface area contributed by atoms with Gasteiger partial charge in [0.15, 0.2) is 5.16 Å². The minimum absolute atomic E-state index is 0.230. The molecule has 3 N–H and O–H groups in total. The second-order valence-electron chi connectivity index (χ2n) is 3.98. The quantitative estimate of drug-likeness (QED) is 0.487. The molecule has 0 spiro atoms. The number of H-pyrrole nitrogens is 1. The molecule has 0 aliphatic heterocycles. The standard InChI is InChI=1S/C13H14ClN3O2S/c14-9-2-4-10(5-3-9)19-6-1-7-20-13-16-11(15)8-12(18)17-13/h2-5,8H,1,6-7H2,(H3,15,16,17,18). The van der Waals surface area contributed by atoms with Crippen LogP contribution in [0.5, 0.6) is 5.75 Å². The van der Waals surface area contributed by atoms with Crippen molar-refractivity contribution in [2.45, 2.75) is 11.6 Å². The topological polar surface area (TPSA) is 81.0 Å². The highest BCUT2D eigenvalue weighted by Gasteiger charge is 2.00. The summed E-state index contributed by atoms with van der Waals surface area (Å²) in [5, 5.41) is 1.21. The van der Waals surface area contributed by atoms with E-state index in [0.717, 1.165) is 17.9 Å². The van der Waals surface area contributed by atoms with Crippen molar-refractivity contribution >= 4 is 29.2 Å². The molecule has 0 atom stereocenters. The van der Waals surface area contributed by atoms with Crippen LogP contribution in [0.1, 0.15) is 6.42 Å². The van der Waals surface area contributed by atoms with E-state index >= 15 is 0 Å². The van der Waals surface area contributed by atoms with E-state index in [-0.39, 0.29) is 11.4 Å². The average molecular weight is 312 g/mol. The molecule has 5 nitrogen and oxygen atoms in total. The minimum atomic E-state index is -0.239. The number of thioether (sulfide) groups is 1. The van der Waals surface area contributed by atoms with Crippen LogP contribution in [0.4, 0.5) is 5.82 Å². The molecule has 20 heavy (non-hydrogen) atoms. The lowest BCUT2D eigenvalue weighted by Gasteiger charge is -2.06. The van der Waals surface area contributed by atoms with Gasteiger partial charge in [-0.25, -0.2) is 4.98 Å². The van der Waals surface area contributed by atoms with Gasteiger partial charge in [-0.3, -0.25) is 4.79 Å². The summed E-state index contributed by atoms with van der Waals surface area (Å²) in [6.07, 6.45) is 0.825. The number of nitrogens with two attached hydrogens (primary N) is 1. The van der Waals surface area contributed by atoms with Gasteiger partial charge >= 0.3 is 0 Å². The summed E-state index contributed by atoms with van der Waals surface area (Å²) >= 11 is 7.22. The van der Waals surface area contributed by atoms with Crippen molar-refractivity contribution in [1.29, 1.82) is 0 Å². The number of ether oxygens (including phenoxy) is 1. The summed E-state index contributed by atoms with van der Waals surface area (Å²) in [5.74, 6) is 1.79. The van der Waals surface area contributed by atoms with E-state index in [0.29, 0.717) is 16.8 Å². The molecule has 106 valence electrons. The Hall–Kier alpha value is -1.66. The summed E-state index contributed by atoms with van der Waals surface area (Å²) in [7, 11) is 0. The highest BCUT2D eigenvalue weighted by molar-refractivity contribution is 7.99. The highest BCUT2D eigenvalue weighted by Crippen LogP contribution is 2.17. The lowest BCUT2D eigenvalue weighted by molar-refractivity contribution is 0.318. The molecular weight excluding hydrogens is 298 g/mol. The number of anilines is 1. The number of aromatic nitrogens is 2. The molecule has 0 saturated carbocycles. The maximum Gasteiger partial charge on any atom is 0.253 e. The number of nitrogens with one attached hydrogen (secondary N) is 1. The molecule has 0 aliphatic rings. The lowest BCUT2D eigenvalue weighted by atomic mass is 10.3.